The van der Waals surface area contributed by atoms with E-state index in [0.29, 0.717) is 6.04 Å². The van der Waals surface area contributed by atoms with E-state index in [1.165, 1.54) is 10.4 Å². The molecule has 2 saturated heterocycles. The average molecular weight is 464 g/mol. The molecule has 0 aliphatic carbocycles. The number of fused-ring (bicyclic) bond motifs is 1. The molecule has 174 valence electrons. The van der Waals surface area contributed by atoms with Gasteiger partial charge in [0.25, 0.3) is 0 Å². The van der Waals surface area contributed by atoms with Gasteiger partial charge in [-0.15, -0.1) is 11.3 Å². The summed E-state index contributed by atoms with van der Waals surface area (Å²) in [5, 5.41) is 4.52. The topological polar surface area (TPSA) is 61.4 Å². The molecular formula is C26H33N5OS. The maximum absolute atomic E-state index is 13.0. The number of anilines is 1. The summed E-state index contributed by atoms with van der Waals surface area (Å²) in [4.78, 5) is 29.3. The minimum Gasteiger partial charge on any atom is -0.356 e. The Hall–Kier alpha value is -2.51. The number of carbonyl (C=O) groups is 1. The van der Waals surface area contributed by atoms with Crippen molar-refractivity contribution in [3.05, 3.63) is 53.2 Å². The normalized spacial score (nSPS) is 18.6. The molecule has 1 aromatic carbocycles. The van der Waals surface area contributed by atoms with Crippen LogP contribution in [0.1, 0.15) is 43.0 Å². The van der Waals surface area contributed by atoms with Gasteiger partial charge in [-0.3, -0.25) is 9.69 Å². The molecule has 4 heterocycles. The molecule has 2 aliphatic rings. The number of nitrogens with one attached hydrogen (secondary N) is 1. The van der Waals surface area contributed by atoms with Gasteiger partial charge in [0.1, 0.15) is 17.0 Å². The lowest BCUT2D eigenvalue weighted by Crippen LogP contribution is -2.48. The van der Waals surface area contributed by atoms with Gasteiger partial charge >= 0.3 is 0 Å². The fourth-order valence-electron chi connectivity index (χ4n) is 5.07. The SMILES string of the molecule is CCc1cc2c(N3CCC(C(=O)NC4CCN(Cc5ccccc5)CC4)CC3)ncnc2s1. The Kier molecular flexibility index (Phi) is 6.88. The third-order valence-electron chi connectivity index (χ3n) is 7.06. The van der Waals surface area contributed by atoms with Crippen molar-refractivity contribution in [1.29, 1.82) is 0 Å². The van der Waals surface area contributed by atoms with Crippen molar-refractivity contribution in [2.24, 2.45) is 5.92 Å². The molecular weight excluding hydrogens is 430 g/mol. The number of amides is 1. The Bertz CT molecular complexity index is 1070. The van der Waals surface area contributed by atoms with Crippen LogP contribution in [0.4, 0.5) is 5.82 Å². The van der Waals surface area contributed by atoms with E-state index < -0.39 is 0 Å². The average Bonchev–Trinajstić information content (AvgIpc) is 3.30. The van der Waals surface area contributed by atoms with E-state index in [1.807, 2.05) is 0 Å². The number of nitrogens with zero attached hydrogens (tertiary/aromatic N) is 4. The van der Waals surface area contributed by atoms with Gasteiger partial charge in [-0.1, -0.05) is 37.3 Å². The largest absolute Gasteiger partial charge is 0.356 e. The number of aromatic nitrogens is 2. The van der Waals surface area contributed by atoms with Gasteiger partial charge in [0.15, 0.2) is 0 Å². The van der Waals surface area contributed by atoms with Crippen molar-refractivity contribution < 1.29 is 4.79 Å². The fourth-order valence-corrected chi connectivity index (χ4v) is 6.00. The standard InChI is InChI=1S/C26H33N5OS/c1-2-22-16-23-24(27-18-28-26(23)33-22)31-14-8-20(9-15-31)25(32)29-21-10-12-30(13-11-21)17-19-6-4-3-5-7-19/h3-7,16,18,20-21H,2,8-15,17H2,1H3,(H,29,32). The molecule has 0 bridgehead atoms. The van der Waals surface area contributed by atoms with Crippen LogP contribution in [0, 0.1) is 5.92 Å². The lowest BCUT2D eigenvalue weighted by atomic mass is 9.94. The molecule has 1 amide bonds. The van der Waals surface area contributed by atoms with Crippen LogP contribution in [0.5, 0.6) is 0 Å². The number of hydrogen-bond donors (Lipinski definition) is 1. The number of piperidine rings is 2. The Morgan fingerprint density at radius 3 is 2.55 bits per heavy atom. The van der Waals surface area contributed by atoms with Gasteiger partial charge in [-0.05, 0) is 43.7 Å². The molecule has 0 spiro atoms. The fraction of sp³-hybridized carbons (Fsp3) is 0.500. The zero-order valence-corrected chi connectivity index (χ0v) is 20.2. The van der Waals surface area contributed by atoms with E-state index in [2.05, 4.69) is 68.4 Å². The quantitative estimate of drug-likeness (QED) is 0.592. The Labute approximate surface area is 200 Å². The summed E-state index contributed by atoms with van der Waals surface area (Å²) >= 11 is 1.76. The summed E-state index contributed by atoms with van der Waals surface area (Å²) in [6.45, 7) is 7.01. The third kappa shape index (κ3) is 5.20. The highest BCUT2D eigenvalue weighted by Gasteiger charge is 2.29. The van der Waals surface area contributed by atoms with Crippen molar-refractivity contribution in [3.8, 4) is 0 Å². The summed E-state index contributed by atoms with van der Waals surface area (Å²) < 4.78 is 0. The van der Waals surface area contributed by atoms with E-state index in [-0.39, 0.29) is 11.8 Å². The van der Waals surface area contributed by atoms with Crippen LogP contribution in [-0.2, 0) is 17.8 Å². The summed E-state index contributed by atoms with van der Waals surface area (Å²) in [6, 6.07) is 13.2. The number of carbonyl (C=O) groups excluding carboxylic acids is 1. The van der Waals surface area contributed by atoms with E-state index >= 15 is 0 Å². The van der Waals surface area contributed by atoms with Crippen molar-refractivity contribution in [3.63, 3.8) is 0 Å². The minimum atomic E-state index is 0.106. The van der Waals surface area contributed by atoms with E-state index in [1.54, 1.807) is 17.7 Å². The molecule has 2 aromatic heterocycles. The van der Waals surface area contributed by atoms with Crippen molar-refractivity contribution in [2.75, 3.05) is 31.1 Å². The number of aryl methyl sites for hydroxylation is 1. The molecule has 1 N–H and O–H groups in total. The number of rotatable bonds is 6. The molecule has 33 heavy (non-hydrogen) atoms. The molecule has 0 saturated carbocycles. The first-order chi connectivity index (χ1) is 16.2. The Balaban J connectivity index is 1.10. The van der Waals surface area contributed by atoms with Crippen LogP contribution in [-0.4, -0.2) is 53.0 Å². The summed E-state index contributed by atoms with van der Waals surface area (Å²) in [6.07, 6.45) is 6.54. The second-order valence-electron chi connectivity index (χ2n) is 9.29. The molecule has 6 nitrogen and oxygen atoms in total. The maximum atomic E-state index is 13.0. The number of hydrogen-bond acceptors (Lipinski definition) is 6. The van der Waals surface area contributed by atoms with Crippen LogP contribution in [0.25, 0.3) is 10.2 Å². The van der Waals surface area contributed by atoms with Gasteiger partial charge in [-0.2, -0.15) is 0 Å². The first-order valence-corrected chi connectivity index (χ1v) is 13.1. The molecule has 2 fully saturated rings. The molecule has 7 heteroatoms. The van der Waals surface area contributed by atoms with Crippen LogP contribution in [0.15, 0.2) is 42.7 Å². The Morgan fingerprint density at radius 1 is 1.06 bits per heavy atom. The zero-order chi connectivity index (χ0) is 22.6. The van der Waals surface area contributed by atoms with Crippen molar-refractivity contribution in [1.82, 2.24) is 20.2 Å². The highest BCUT2D eigenvalue weighted by Crippen LogP contribution is 2.32. The zero-order valence-electron chi connectivity index (χ0n) is 19.4. The number of likely N-dealkylation sites (tertiary alicyclic amines) is 1. The van der Waals surface area contributed by atoms with Crippen LogP contribution < -0.4 is 10.2 Å². The lowest BCUT2D eigenvalue weighted by Gasteiger charge is -2.35. The van der Waals surface area contributed by atoms with Gasteiger partial charge < -0.3 is 10.2 Å². The van der Waals surface area contributed by atoms with Gasteiger partial charge in [0.05, 0.1) is 5.39 Å². The third-order valence-corrected chi connectivity index (χ3v) is 8.24. The highest BCUT2D eigenvalue weighted by molar-refractivity contribution is 7.18. The highest BCUT2D eigenvalue weighted by atomic mass is 32.1. The summed E-state index contributed by atoms with van der Waals surface area (Å²) in [7, 11) is 0. The number of benzene rings is 1. The lowest BCUT2D eigenvalue weighted by molar-refractivity contribution is -0.126. The van der Waals surface area contributed by atoms with Crippen LogP contribution in [0.3, 0.4) is 0 Å². The summed E-state index contributed by atoms with van der Waals surface area (Å²) in [5.41, 5.74) is 1.36. The second-order valence-corrected chi connectivity index (χ2v) is 10.4. The first kappa shape index (κ1) is 22.3. The first-order valence-electron chi connectivity index (χ1n) is 12.2. The molecule has 0 radical (unpaired) electrons. The van der Waals surface area contributed by atoms with Crippen LogP contribution in [0.2, 0.25) is 0 Å². The predicted molar refractivity (Wildman–Crippen MR) is 135 cm³/mol. The van der Waals surface area contributed by atoms with Gasteiger partial charge in [-0.25, -0.2) is 9.97 Å². The monoisotopic (exact) mass is 463 g/mol. The molecule has 3 aromatic rings. The van der Waals surface area contributed by atoms with E-state index in [9.17, 15) is 4.79 Å². The van der Waals surface area contributed by atoms with Crippen molar-refractivity contribution in [2.45, 2.75) is 51.6 Å². The smallest absolute Gasteiger partial charge is 0.223 e. The second kappa shape index (κ2) is 10.2. The Morgan fingerprint density at radius 2 is 1.82 bits per heavy atom. The molecule has 2 aliphatic heterocycles. The van der Waals surface area contributed by atoms with E-state index in [0.717, 1.165) is 80.9 Å². The predicted octanol–water partition coefficient (Wildman–Crippen LogP) is 4.25. The van der Waals surface area contributed by atoms with E-state index in [4.69, 9.17) is 0 Å². The van der Waals surface area contributed by atoms with Crippen molar-refractivity contribution >= 4 is 33.3 Å². The van der Waals surface area contributed by atoms with Gasteiger partial charge in [0, 0.05) is 49.6 Å². The molecule has 0 atom stereocenters. The van der Waals surface area contributed by atoms with Gasteiger partial charge in [0.2, 0.25) is 5.91 Å². The number of thiophene rings is 1. The molecule has 5 rings (SSSR count). The van der Waals surface area contributed by atoms with Crippen LogP contribution >= 0.6 is 11.3 Å². The molecule has 0 unspecified atom stereocenters. The minimum absolute atomic E-state index is 0.106. The summed E-state index contributed by atoms with van der Waals surface area (Å²) in [5.74, 6) is 1.38. The maximum Gasteiger partial charge on any atom is 0.223 e.